The average Bonchev–Trinajstić information content (AvgIpc) is 3.07. The normalized spacial score (nSPS) is 10.5. The Kier molecular flexibility index (Phi) is 5.90. The van der Waals surface area contributed by atoms with Crippen molar-refractivity contribution in [2.24, 2.45) is 0 Å². The second kappa shape index (κ2) is 8.53. The second-order valence-electron chi connectivity index (χ2n) is 5.63. The standard InChI is InChI=1S/C19H15ClN2O6/c1-26-16-8-7-13(9-14(16)20)15(23)11-27-17(24)10-22-19(25)28-18(21-22)12-5-3-2-4-6-12/h2-9H,10-11H2,1H3. The van der Waals surface area contributed by atoms with Crippen LogP contribution in [-0.2, 0) is 16.1 Å². The molecule has 144 valence electrons. The Hall–Kier alpha value is -3.39. The van der Waals surface area contributed by atoms with Crippen LogP contribution in [0.25, 0.3) is 11.5 Å². The number of carbonyl (C=O) groups excluding carboxylic acids is 2. The number of aromatic nitrogens is 2. The molecular formula is C19H15ClN2O6. The van der Waals surface area contributed by atoms with Crippen LogP contribution in [0.5, 0.6) is 5.75 Å². The Morgan fingerprint density at radius 1 is 1.18 bits per heavy atom. The summed E-state index contributed by atoms with van der Waals surface area (Å²) in [4.78, 5) is 35.9. The molecule has 0 N–H and O–H groups in total. The smallest absolute Gasteiger partial charge is 0.437 e. The van der Waals surface area contributed by atoms with Crippen LogP contribution in [0.15, 0.2) is 57.7 Å². The van der Waals surface area contributed by atoms with Crippen LogP contribution >= 0.6 is 11.6 Å². The lowest BCUT2D eigenvalue weighted by Crippen LogP contribution is -2.24. The SMILES string of the molecule is COc1ccc(C(=O)COC(=O)Cn2nc(-c3ccccc3)oc2=O)cc1Cl. The summed E-state index contributed by atoms with van der Waals surface area (Å²) >= 11 is 5.97. The van der Waals surface area contributed by atoms with Gasteiger partial charge in [0, 0.05) is 11.1 Å². The lowest BCUT2D eigenvalue weighted by atomic mass is 10.1. The van der Waals surface area contributed by atoms with E-state index in [1.54, 1.807) is 24.3 Å². The van der Waals surface area contributed by atoms with Gasteiger partial charge >= 0.3 is 11.7 Å². The zero-order valence-electron chi connectivity index (χ0n) is 14.8. The van der Waals surface area contributed by atoms with Gasteiger partial charge in [-0.1, -0.05) is 29.8 Å². The van der Waals surface area contributed by atoms with E-state index in [1.165, 1.54) is 25.3 Å². The molecule has 3 rings (SSSR count). The van der Waals surface area contributed by atoms with E-state index < -0.39 is 30.7 Å². The summed E-state index contributed by atoms with van der Waals surface area (Å²) in [7, 11) is 1.46. The van der Waals surface area contributed by atoms with E-state index in [1.807, 2.05) is 6.07 Å². The Labute approximate surface area is 164 Å². The van der Waals surface area contributed by atoms with E-state index in [0.29, 0.717) is 11.3 Å². The number of Topliss-reactive ketones (excluding diaryl/α,β-unsaturated/α-hetero) is 1. The first kappa shape index (κ1) is 19.4. The van der Waals surface area contributed by atoms with Crippen molar-refractivity contribution in [3.8, 4) is 17.2 Å². The Balaban J connectivity index is 1.60. The molecule has 0 radical (unpaired) electrons. The lowest BCUT2D eigenvalue weighted by molar-refractivity contribution is -0.143. The fourth-order valence-corrected chi connectivity index (χ4v) is 2.60. The van der Waals surface area contributed by atoms with Crippen LogP contribution in [0.1, 0.15) is 10.4 Å². The molecule has 3 aromatic rings. The maximum Gasteiger partial charge on any atom is 0.437 e. The minimum atomic E-state index is -0.803. The van der Waals surface area contributed by atoms with Gasteiger partial charge in [0.2, 0.25) is 5.89 Å². The molecule has 0 fully saturated rings. The average molecular weight is 403 g/mol. The van der Waals surface area contributed by atoms with E-state index in [9.17, 15) is 14.4 Å². The zero-order chi connectivity index (χ0) is 20.1. The van der Waals surface area contributed by atoms with Crippen LogP contribution in [0.2, 0.25) is 5.02 Å². The summed E-state index contributed by atoms with van der Waals surface area (Å²) in [5.41, 5.74) is 0.863. The van der Waals surface area contributed by atoms with Crippen molar-refractivity contribution < 1.29 is 23.5 Å². The number of methoxy groups -OCH3 is 1. The molecule has 2 aromatic carbocycles. The highest BCUT2D eigenvalue weighted by Crippen LogP contribution is 2.25. The van der Waals surface area contributed by atoms with Gasteiger partial charge in [0.1, 0.15) is 12.3 Å². The highest BCUT2D eigenvalue weighted by Gasteiger charge is 2.16. The van der Waals surface area contributed by atoms with Crippen molar-refractivity contribution >= 4 is 23.4 Å². The molecule has 0 aliphatic rings. The number of ketones is 1. The van der Waals surface area contributed by atoms with Gasteiger partial charge in [0.15, 0.2) is 12.4 Å². The zero-order valence-corrected chi connectivity index (χ0v) is 15.5. The van der Waals surface area contributed by atoms with Crippen LogP contribution in [0.3, 0.4) is 0 Å². The minimum absolute atomic E-state index is 0.0855. The maximum absolute atomic E-state index is 12.1. The fourth-order valence-electron chi connectivity index (χ4n) is 2.34. The number of benzene rings is 2. The molecule has 1 heterocycles. The van der Waals surface area contributed by atoms with E-state index in [2.05, 4.69) is 5.10 Å². The van der Waals surface area contributed by atoms with E-state index in [0.717, 1.165) is 4.68 Å². The highest BCUT2D eigenvalue weighted by molar-refractivity contribution is 6.32. The minimum Gasteiger partial charge on any atom is -0.495 e. The van der Waals surface area contributed by atoms with Gasteiger partial charge in [-0.2, -0.15) is 4.68 Å². The number of hydrogen-bond acceptors (Lipinski definition) is 7. The largest absolute Gasteiger partial charge is 0.495 e. The molecule has 1 aromatic heterocycles. The summed E-state index contributed by atoms with van der Waals surface area (Å²) in [5, 5.41) is 4.22. The molecule has 8 nitrogen and oxygen atoms in total. The lowest BCUT2D eigenvalue weighted by Gasteiger charge is -2.06. The fraction of sp³-hybridized carbons (Fsp3) is 0.158. The first-order valence-electron chi connectivity index (χ1n) is 8.13. The third-order valence-electron chi connectivity index (χ3n) is 3.74. The first-order chi connectivity index (χ1) is 13.5. The molecule has 28 heavy (non-hydrogen) atoms. The molecule has 0 aliphatic heterocycles. The predicted octanol–water partition coefficient (Wildman–Crippen LogP) is 2.59. The van der Waals surface area contributed by atoms with Crippen molar-refractivity contribution in [3.63, 3.8) is 0 Å². The van der Waals surface area contributed by atoms with Gasteiger partial charge in [0.05, 0.1) is 12.1 Å². The Morgan fingerprint density at radius 3 is 2.61 bits per heavy atom. The topological polar surface area (TPSA) is 101 Å². The number of ether oxygens (including phenoxy) is 2. The number of hydrogen-bond donors (Lipinski definition) is 0. The van der Waals surface area contributed by atoms with Crippen LogP contribution in [0.4, 0.5) is 0 Å². The Bertz CT molecular complexity index is 1060. The molecule has 0 spiro atoms. The predicted molar refractivity (Wildman–Crippen MR) is 99.5 cm³/mol. The molecule has 0 saturated heterocycles. The van der Waals surface area contributed by atoms with Crippen LogP contribution < -0.4 is 10.5 Å². The second-order valence-corrected chi connectivity index (χ2v) is 6.04. The number of carbonyl (C=O) groups is 2. The summed E-state index contributed by atoms with van der Waals surface area (Å²) in [5.74, 6) is -1.54. The summed E-state index contributed by atoms with van der Waals surface area (Å²) in [6.45, 7) is -0.981. The Morgan fingerprint density at radius 2 is 1.93 bits per heavy atom. The van der Waals surface area contributed by atoms with Gasteiger partial charge in [0.25, 0.3) is 0 Å². The van der Waals surface area contributed by atoms with Gasteiger partial charge in [-0.05, 0) is 30.3 Å². The molecule has 0 unspecified atom stereocenters. The van der Waals surface area contributed by atoms with E-state index in [4.69, 9.17) is 25.5 Å². The van der Waals surface area contributed by atoms with Crippen molar-refractivity contribution in [1.82, 2.24) is 9.78 Å². The quantitative estimate of drug-likeness (QED) is 0.442. The van der Waals surface area contributed by atoms with Crippen molar-refractivity contribution in [2.75, 3.05) is 13.7 Å². The van der Waals surface area contributed by atoms with Gasteiger partial charge in [-0.3, -0.25) is 9.59 Å². The monoisotopic (exact) mass is 402 g/mol. The van der Waals surface area contributed by atoms with Crippen LogP contribution in [0, 0.1) is 0 Å². The molecule has 0 bridgehead atoms. The first-order valence-corrected chi connectivity index (χ1v) is 8.51. The molecule has 0 atom stereocenters. The van der Waals surface area contributed by atoms with Gasteiger partial charge in [-0.15, -0.1) is 5.10 Å². The molecule has 0 amide bonds. The van der Waals surface area contributed by atoms with E-state index >= 15 is 0 Å². The third-order valence-corrected chi connectivity index (χ3v) is 4.04. The number of rotatable bonds is 7. The molecule has 0 saturated carbocycles. The molecule has 0 aliphatic carbocycles. The van der Waals surface area contributed by atoms with Crippen LogP contribution in [-0.4, -0.2) is 35.2 Å². The molecule has 9 heteroatoms. The van der Waals surface area contributed by atoms with Gasteiger partial charge in [-0.25, -0.2) is 4.79 Å². The van der Waals surface area contributed by atoms with Gasteiger partial charge < -0.3 is 13.9 Å². The third kappa shape index (κ3) is 4.47. The van der Waals surface area contributed by atoms with E-state index in [-0.39, 0.29) is 16.5 Å². The van der Waals surface area contributed by atoms with Crippen molar-refractivity contribution in [1.29, 1.82) is 0 Å². The number of halogens is 1. The summed E-state index contributed by atoms with van der Waals surface area (Å²) < 4.78 is 15.8. The maximum atomic E-state index is 12.1. The van der Waals surface area contributed by atoms with Crippen molar-refractivity contribution in [2.45, 2.75) is 6.54 Å². The summed E-state index contributed by atoms with van der Waals surface area (Å²) in [6.07, 6.45) is 0. The number of nitrogens with zero attached hydrogens (tertiary/aromatic N) is 2. The molecular weight excluding hydrogens is 388 g/mol. The number of esters is 1. The summed E-state index contributed by atoms with van der Waals surface area (Å²) in [6, 6.07) is 13.2. The van der Waals surface area contributed by atoms with Crippen molar-refractivity contribution in [3.05, 3.63) is 69.7 Å². The highest BCUT2D eigenvalue weighted by atomic mass is 35.5.